The van der Waals surface area contributed by atoms with E-state index in [1.165, 1.54) is 7.11 Å². The monoisotopic (exact) mass is 138 g/mol. The van der Waals surface area contributed by atoms with Crippen molar-refractivity contribution in [1.82, 2.24) is 0 Å². The highest BCUT2D eigenvalue weighted by molar-refractivity contribution is 5.36. The van der Waals surface area contributed by atoms with E-state index in [2.05, 4.69) is 4.74 Å². The van der Waals surface area contributed by atoms with Gasteiger partial charge in [-0.15, -0.1) is 0 Å². The number of hydrogen-bond acceptors (Lipinski definition) is 2. The molecule has 0 radical (unpaired) electrons. The minimum absolute atomic E-state index is 0.375. The van der Waals surface area contributed by atoms with Gasteiger partial charge in [0.25, 0.3) is 6.47 Å². The summed E-state index contributed by atoms with van der Waals surface area (Å²) >= 11 is 0. The van der Waals surface area contributed by atoms with Gasteiger partial charge in [0, 0.05) is 0 Å². The van der Waals surface area contributed by atoms with Crippen LogP contribution in [0.2, 0.25) is 0 Å². The quantitative estimate of drug-likeness (QED) is 0.549. The minimum atomic E-state index is 0.375. The van der Waals surface area contributed by atoms with Crippen LogP contribution >= 0.6 is 0 Å². The fourth-order valence-corrected chi connectivity index (χ4v) is 0.385. The number of hydrogen-bond donors (Lipinski definition) is 0. The van der Waals surface area contributed by atoms with Gasteiger partial charge in [-0.05, 0) is 0 Å². The van der Waals surface area contributed by atoms with Gasteiger partial charge in [-0.1, -0.05) is 36.4 Å². The smallest absolute Gasteiger partial charge is 0.292 e. The molecule has 1 rings (SSSR count). The first kappa shape index (κ1) is 8.69. The van der Waals surface area contributed by atoms with Crippen LogP contribution in [-0.2, 0) is 9.53 Å². The van der Waals surface area contributed by atoms with Crippen LogP contribution in [-0.4, -0.2) is 13.6 Å². The van der Waals surface area contributed by atoms with Crippen molar-refractivity contribution in [3.05, 3.63) is 36.4 Å². The summed E-state index contributed by atoms with van der Waals surface area (Å²) in [6.07, 6.45) is 0. The van der Waals surface area contributed by atoms with E-state index in [9.17, 15) is 0 Å². The Balaban J connectivity index is 0.000000180. The summed E-state index contributed by atoms with van der Waals surface area (Å²) in [6.45, 7) is 0.375. The molecule has 2 nitrogen and oxygen atoms in total. The van der Waals surface area contributed by atoms with E-state index < -0.39 is 0 Å². The molecular formula is C8H10O2. The summed E-state index contributed by atoms with van der Waals surface area (Å²) in [7, 11) is 1.31. The molecule has 2 heteroatoms. The normalized spacial score (nSPS) is 6.90. The Hall–Kier alpha value is -1.31. The van der Waals surface area contributed by atoms with Gasteiger partial charge in [-0.25, -0.2) is 0 Å². The van der Waals surface area contributed by atoms with Crippen molar-refractivity contribution >= 4 is 6.47 Å². The summed E-state index contributed by atoms with van der Waals surface area (Å²) in [6, 6.07) is 12.0. The lowest BCUT2D eigenvalue weighted by Gasteiger charge is -1.69. The molecule has 0 saturated heterocycles. The standard InChI is InChI=1S/C6H6.C2H4O2/c1-2-4-6-5-3-1;1-4-2-3/h1-6H;2H,1H3. The van der Waals surface area contributed by atoms with Gasteiger partial charge >= 0.3 is 0 Å². The van der Waals surface area contributed by atoms with Crippen LogP contribution in [0.25, 0.3) is 0 Å². The second kappa shape index (κ2) is 7.69. The molecule has 0 N–H and O–H groups in total. The molecule has 0 fully saturated rings. The lowest BCUT2D eigenvalue weighted by Crippen LogP contribution is -1.68. The summed E-state index contributed by atoms with van der Waals surface area (Å²) in [5.41, 5.74) is 0. The average molecular weight is 138 g/mol. The first-order valence-corrected chi connectivity index (χ1v) is 2.88. The molecule has 0 spiro atoms. The van der Waals surface area contributed by atoms with E-state index in [1.54, 1.807) is 0 Å². The number of methoxy groups -OCH3 is 1. The largest absolute Gasteiger partial charge is 0.471 e. The Bertz CT molecular complexity index is 122. The van der Waals surface area contributed by atoms with Crippen LogP contribution in [0.3, 0.4) is 0 Å². The Morgan fingerprint density at radius 1 is 1.00 bits per heavy atom. The molecular weight excluding hydrogens is 128 g/mol. The van der Waals surface area contributed by atoms with E-state index in [1.807, 2.05) is 36.4 Å². The molecule has 0 aliphatic rings. The molecule has 0 aromatic heterocycles. The average Bonchev–Trinajstić information content (AvgIpc) is 2.08. The van der Waals surface area contributed by atoms with E-state index in [-0.39, 0.29) is 0 Å². The molecule has 54 valence electrons. The van der Waals surface area contributed by atoms with Crippen molar-refractivity contribution in [2.45, 2.75) is 0 Å². The van der Waals surface area contributed by atoms with Gasteiger partial charge < -0.3 is 4.74 Å². The SMILES string of the molecule is COC=O.c1ccccc1. The first-order chi connectivity index (χ1) is 4.91. The molecule has 0 atom stereocenters. The van der Waals surface area contributed by atoms with Crippen molar-refractivity contribution in [3.8, 4) is 0 Å². The predicted octanol–water partition coefficient (Wildman–Crippen LogP) is 1.48. The molecule has 0 saturated carbocycles. The lowest BCUT2D eigenvalue weighted by molar-refractivity contribution is -0.126. The third kappa shape index (κ3) is 6.69. The van der Waals surface area contributed by atoms with Crippen LogP contribution in [0.15, 0.2) is 36.4 Å². The number of ether oxygens (including phenoxy) is 1. The third-order valence-corrected chi connectivity index (χ3v) is 0.763. The van der Waals surface area contributed by atoms with Gasteiger partial charge in [0.1, 0.15) is 0 Å². The zero-order valence-electron chi connectivity index (χ0n) is 5.86. The molecule has 1 aromatic rings. The maximum Gasteiger partial charge on any atom is 0.292 e. The lowest BCUT2D eigenvalue weighted by atomic mass is 10.4. The van der Waals surface area contributed by atoms with Crippen LogP contribution in [0.5, 0.6) is 0 Å². The van der Waals surface area contributed by atoms with E-state index in [0.29, 0.717) is 6.47 Å². The molecule has 0 heterocycles. The van der Waals surface area contributed by atoms with E-state index in [0.717, 1.165) is 0 Å². The molecule has 1 aromatic carbocycles. The predicted molar refractivity (Wildman–Crippen MR) is 39.5 cm³/mol. The third-order valence-electron chi connectivity index (χ3n) is 0.763. The van der Waals surface area contributed by atoms with Gasteiger partial charge in [0.05, 0.1) is 7.11 Å². The molecule has 0 bridgehead atoms. The number of carbonyl (C=O) groups is 1. The van der Waals surface area contributed by atoms with E-state index in [4.69, 9.17) is 4.79 Å². The second-order valence-electron chi connectivity index (χ2n) is 1.49. The maximum absolute atomic E-state index is 8.95. The van der Waals surface area contributed by atoms with E-state index >= 15 is 0 Å². The zero-order valence-corrected chi connectivity index (χ0v) is 5.86. The van der Waals surface area contributed by atoms with Crippen molar-refractivity contribution < 1.29 is 9.53 Å². The Labute approximate surface area is 60.4 Å². The van der Waals surface area contributed by atoms with Crippen molar-refractivity contribution in [2.24, 2.45) is 0 Å². The van der Waals surface area contributed by atoms with Crippen LogP contribution in [0.4, 0.5) is 0 Å². The Morgan fingerprint density at radius 3 is 1.30 bits per heavy atom. The number of carbonyl (C=O) groups excluding carboxylic acids is 1. The highest BCUT2D eigenvalue weighted by Gasteiger charge is 1.57. The fourth-order valence-electron chi connectivity index (χ4n) is 0.385. The maximum atomic E-state index is 8.95. The van der Waals surface area contributed by atoms with Gasteiger partial charge in [-0.2, -0.15) is 0 Å². The van der Waals surface area contributed by atoms with Gasteiger partial charge in [-0.3, -0.25) is 4.79 Å². The highest BCUT2D eigenvalue weighted by atomic mass is 16.5. The highest BCUT2D eigenvalue weighted by Crippen LogP contribution is 1.79. The van der Waals surface area contributed by atoms with Crippen molar-refractivity contribution in [2.75, 3.05) is 7.11 Å². The first-order valence-electron chi connectivity index (χ1n) is 2.88. The topological polar surface area (TPSA) is 26.3 Å². The Kier molecular flexibility index (Phi) is 6.68. The van der Waals surface area contributed by atoms with Crippen LogP contribution < -0.4 is 0 Å². The van der Waals surface area contributed by atoms with Gasteiger partial charge in [0.2, 0.25) is 0 Å². The fraction of sp³-hybridized carbons (Fsp3) is 0.125. The summed E-state index contributed by atoms with van der Waals surface area (Å²) in [5.74, 6) is 0. The molecule has 0 aliphatic heterocycles. The minimum Gasteiger partial charge on any atom is -0.471 e. The molecule has 0 aliphatic carbocycles. The Morgan fingerprint density at radius 2 is 1.20 bits per heavy atom. The molecule has 0 amide bonds. The molecule has 10 heavy (non-hydrogen) atoms. The van der Waals surface area contributed by atoms with Gasteiger partial charge in [0.15, 0.2) is 0 Å². The van der Waals surface area contributed by atoms with Crippen LogP contribution in [0.1, 0.15) is 0 Å². The van der Waals surface area contributed by atoms with Crippen molar-refractivity contribution in [3.63, 3.8) is 0 Å². The number of rotatable bonds is 1. The second-order valence-corrected chi connectivity index (χ2v) is 1.49. The molecule has 0 unspecified atom stereocenters. The summed E-state index contributed by atoms with van der Waals surface area (Å²) < 4.78 is 3.86. The van der Waals surface area contributed by atoms with Crippen molar-refractivity contribution in [1.29, 1.82) is 0 Å². The zero-order chi connectivity index (χ0) is 7.66. The summed E-state index contributed by atoms with van der Waals surface area (Å²) in [4.78, 5) is 8.95. The number of benzene rings is 1. The summed E-state index contributed by atoms with van der Waals surface area (Å²) in [5, 5.41) is 0. The van der Waals surface area contributed by atoms with Crippen LogP contribution in [0, 0.1) is 0 Å².